The molecule has 2 aromatic heterocycles. The monoisotopic (exact) mass is 458 g/mol. The van der Waals surface area contributed by atoms with Crippen LogP contribution in [0.5, 0.6) is 0 Å². The van der Waals surface area contributed by atoms with E-state index < -0.39 is 0 Å². The van der Waals surface area contributed by atoms with E-state index in [1.54, 1.807) is 30.6 Å². The van der Waals surface area contributed by atoms with E-state index in [0.717, 1.165) is 22.9 Å². The van der Waals surface area contributed by atoms with Gasteiger partial charge in [-0.2, -0.15) is 0 Å². The molecule has 0 unspecified atom stereocenters. The molecule has 0 spiro atoms. The quantitative estimate of drug-likeness (QED) is 0.556. The first-order chi connectivity index (χ1) is 16.3. The Morgan fingerprint density at radius 1 is 1.18 bits per heavy atom. The number of hydrogen-bond donors (Lipinski definition) is 3. The third kappa shape index (κ3) is 4.28. The van der Waals surface area contributed by atoms with Crippen LogP contribution in [0.15, 0.2) is 48.9 Å². The maximum atomic E-state index is 13.4. The first kappa shape index (κ1) is 21.8. The average Bonchev–Trinajstić information content (AvgIpc) is 3.15. The van der Waals surface area contributed by atoms with Gasteiger partial charge in [0.1, 0.15) is 0 Å². The summed E-state index contributed by atoms with van der Waals surface area (Å²) in [4.78, 5) is 48.1. The van der Waals surface area contributed by atoms with Crippen molar-refractivity contribution in [2.24, 2.45) is 5.41 Å². The lowest BCUT2D eigenvalue weighted by Gasteiger charge is -2.26. The van der Waals surface area contributed by atoms with Crippen molar-refractivity contribution in [2.75, 3.05) is 18.4 Å². The number of pyridine rings is 2. The zero-order valence-corrected chi connectivity index (χ0v) is 19.1. The molecule has 3 aromatic rings. The van der Waals surface area contributed by atoms with Gasteiger partial charge in [0, 0.05) is 54.7 Å². The van der Waals surface area contributed by atoms with Crippen LogP contribution in [0, 0.1) is 5.41 Å². The molecule has 4 heterocycles. The van der Waals surface area contributed by atoms with E-state index in [4.69, 9.17) is 0 Å². The van der Waals surface area contributed by atoms with Crippen molar-refractivity contribution in [3.63, 3.8) is 0 Å². The molecular weight excluding hydrogens is 432 g/mol. The van der Waals surface area contributed by atoms with Gasteiger partial charge in [0.2, 0.25) is 0 Å². The lowest BCUT2D eigenvalue weighted by Crippen LogP contribution is -2.43. The first-order valence-electron chi connectivity index (χ1n) is 11.3. The topological polar surface area (TPSA) is 116 Å². The Bertz CT molecular complexity index is 1300. The van der Waals surface area contributed by atoms with Crippen LogP contribution >= 0.6 is 0 Å². The van der Waals surface area contributed by atoms with Gasteiger partial charge in [-0.1, -0.05) is 19.9 Å². The van der Waals surface area contributed by atoms with Gasteiger partial charge >= 0.3 is 6.03 Å². The number of likely N-dealkylation sites (tertiary alicyclic amines) is 1. The normalized spacial score (nSPS) is 18.7. The molecule has 3 N–H and O–H groups in total. The number of carbonyl (C=O) groups is 3. The molecule has 4 amide bonds. The van der Waals surface area contributed by atoms with E-state index in [2.05, 4.69) is 39.8 Å². The zero-order chi connectivity index (χ0) is 23.9. The smallest absolute Gasteiger partial charge is 0.319 e. The lowest BCUT2D eigenvalue weighted by molar-refractivity contribution is 0.0715. The van der Waals surface area contributed by atoms with Crippen molar-refractivity contribution in [1.29, 1.82) is 0 Å². The van der Waals surface area contributed by atoms with Crippen molar-refractivity contribution in [2.45, 2.75) is 32.9 Å². The second kappa shape index (κ2) is 8.40. The standard InChI is InChI=1S/C25H26N6O3/c1-25(2)9-19(12-28-22(32)18-7-15-5-6-26-13-21(15)27-11-18)31(14-25)23(33)16-3-4-17-10-29-24(34)30-20(17)8-16/h3-8,11,13,19H,9-10,12,14H2,1-2H3,(H,28,32)(H2,29,30,34)/t19-/m0/s1. The molecule has 5 rings (SSSR count). The summed E-state index contributed by atoms with van der Waals surface area (Å²) in [7, 11) is 0. The molecule has 34 heavy (non-hydrogen) atoms. The Hall–Kier alpha value is -4.01. The second-order valence-electron chi connectivity index (χ2n) is 9.64. The summed E-state index contributed by atoms with van der Waals surface area (Å²) in [6.07, 6.45) is 5.63. The Morgan fingerprint density at radius 3 is 2.88 bits per heavy atom. The maximum absolute atomic E-state index is 13.4. The highest BCUT2D eigenvalue weighted by Crippen LogP contribution is 2.35. The van der Waals surface area contributed by atoms with Gasteiger partial charge in [-0.3, -0.25) is 19.6 Å². The fourth-order valence-electron chi connectivity index (χ4n) is 4.72. The van der Waals surface area contributed by atoms with Crippen LogP contribution in [0.25, 0.3) is 10.9 Å². The summed E-state index contributed by atoms with van der Waals surface area (Å²) in [5, 5.41) is 9.30. The molecule has 0 aliphatic carbocycles. The highest BCUT2D eigenvalue weighted by atomic mass is 16.2. The molecule has 9 heteroatoms. The summed E-state index contributed by atoms with van der Waals surface area (Å²) in [5.74, 6) is -0.340. The van der Waals surface area contributed by atoms with Crippen LogP contribution in [0.2, 0.25) is 0 Å². The second-order valence-corrected chi connectivity index (χ2v) is 9.64. The average molecular weight is 459 g/mol. The van der Waals surface area contributed by atoms with Crippen LogP contribution in [-0.2, 0) is 6.54 Å². The van der Waals surface area contributed by atoms with E-state index in [9.17, 15) is 14.4 Å². The van der Waals surface area contributed by atoms with Gasteiger partial charge in [0.05, 0.1) is 17.3 Å². The molecule has 0 saturated carbocycles. The minimum Gasteiger partial charge on any atom is -0.350 e. The Labute approximate surface area is 197 Å². The zero-order valence-electron chi connectivity index (χ0n) is 19.1. The number of nitrogens with zero attached hydrogens (tertiary/aromatic N) is 3. The highest BCUT2D eigenvalue weighted by molar-refractivity contribution is 5.99. The Kier molecular flexibility index (Phi) is 5.39. The number of urea groups is 1. The minimum atomic E-state index is -0.278. The van der Waals surface area contributed by atoms with Crippen LogP contribution in [-0.4, -0.2) is 51.8 Å². The van der Waals surface area contributed by atoms with Crippen LogP contribution < -0.4 is 16.0 Å². The van der Waals surface area contributed by atoms with Gasteiger partial charge in [-0.25, -0.2) is 4.79 Å². The molecule has 1 saturated heterocycles. The van der Waals surface area contributed by atoms with E-state index in [-0.39, 0.29) is 29.3 Å². The van der Waals surface area contributed by atoms with Crippen LogP contribution in [0.4, 0.5) is 10.5 Å². The van der Waals surface area contributed by atoms with Gasteiger partial charge in [-0.15, -0.1) is 0 Å². The fraction of sp³-hybridized carbons (Fsp3) is 0.320. The van der Waals surface area contributed by atoms with Crippen molar-refractivity contribution in [3.8, 4) is 0 Å². The van der Waals surface area contributed by atoms with Crippen molar-refractivity contribution in [1.82, 2.24) is 25.5 Å². The predicted molar refractivity (Wildman–Crippen MR) is 127 cm³/mol. The number of amides is 4. The predicted octanol–water partition coefficient (Wildman–Crippen LogP) is 2.94. The summed E-state index contributed by atoms with van der Waals surface area (Å²) in [6, 6.07) is 8.56. The number of rotatable bonds is 4. The van der Waals surface area contributed by atoms with Gasteiger partial charge in [0.25, 0.3) is 11.8 Å². The van der Waals surface area contributed by atoms with E-state index in [0.29, 0.717) is 36.4 Å². The summed E-state index contributed by atoms with van der Waals surface area (Å²) in [6.45, 7) is 5.60. The third-order valence-corrected chi connectivity index (χ3v) is 6.38. The summed E-state index contributed by atoms with van der Waals surface area (Å²) in [5.41, 5.74) is 3.22. The molecule has 174 valence electrons. The Morgan fingerprint density at radius 2 is 2.03 bits per heavy atom. The molecule has 0 radical (unpaired) electrons. The van der Waals surface area contributed by atoms with Crippen molar-refractivity contribution >= 4 is 34.4 Å². The first-order valence-corrected chi connectivity index (χ1v) is 11.3. The van der Waals surface area contributed by atoms with Crippen LogP contribution in [0.1, 0.15) is 46.5 Å². The number of hydrogen-bond acceptors (Lipinski definition) is 5. The van der Waals surface area contributed by atoms with Gasteiger partial charge in [-0.05, 0) is 41.7 Å². The van der Waals surface area contributed by atoms with Gasteiger partial charge in [0.15, 0.2) is 0 Å². The number of nitrogens with one attached hydrogen (secondary N) is 3. The molecule has 0 bridgehead atoms. The number of aromatic nitrogens is 2. The highest BCUT2D eigenvalue weighted by Gasteiger charge is 2.40. The van der Waals surface area contributed by atoms with E-state index >= 15 is 0 Å². The lowest BCUT2D eigenvalue weighted by atomic mass is 9.91. The summed E-state index contributed by atoms with van der Waals surface area (Å²) >= 11 is 0. The minimum absolute atomic E-state index is 0.0745. The molecule has 2 aliphatic rings. The fourth-order valence-corrected chi connectivity index (χ4v) is 4.72. The van der Waals surface area contributed by atoms with Crippen molar-refractivity contribution < 1.29 is 14.4 Å². The molecular formula is C25H26N6O3. The number of fused-ring (bicyclic) bond motifs is 2. The molecule has 2 aliphatic heterocycles. The van der Waals surface area contributed by atoms with Crippen molar-refractivity contribution in [3.05, 3.63) is 65.6 Å². The molecule has 9 nitrogen and oxygen atoms in total. The van der Waals surface area contributed by atoms with Gasteiger partial charge < -0.3 is 20.9 Å². The number of carbonyl (C=O) groups excluding carboxylic acids is 3. The largest absolute Gasteiger partial charge is 0.350 e. The molecule has 1 aromatic carbocycles. The Balaban J connectivity index is 1.31. The van der Waals surface area contributed by atoms with E-state index in [1.165, 1.54) is 6.20 Å². The molecule has 1 fully saturated rings. The number of benzene rings is 1. The summed E-state index contributed by atoms with van der Waals surface area (Å²) < 4.78 is 0. The maximum Gasteiger partial charge on any atom is 0.319 e. The van der Waals surface area contributed by atoms with E-state index in [1.807, 2.05) is 17.0 Å². The third-order valence-electron chi connectivity index (χ3n) is 6.38. The SMILES string of the molecule is CC1(C)C[C@@H](CNC(=O)c2cnc3cnccc3c2)N(C(=O)c2ccc3c(c2)NC(=O)NC3)C1. The number of anilines is 1. The van der Waals surface area contributed by atoms with Crippen LogP contribution in [0.3, 0.4) is 0 Å². The molecule has 1 atom stereocenters.